The van der Waals surface area contributed by atoms with Crippen LogP contribution < -0.4 is 10.6 Å². The van der Waals surface area contributed by atoms with Crippen molar-refractivity contribution in [2.75, 3.05) is 43.9 Å². The number of aromatic nitrogens is 5. The van der Waals surface area contributed by atoms with Crippen LogP contribution in [0.15, 0.2) is 73.1 Å². The molecule has 1 aliphatic heterocycles. The number of urea groups is 1. The largest absolute Gasteiger partial charge is 0.416 e. The van der Waals surface area contributed by atoms with E-state index in [1.165, 1.54) is 12.1 Å². The third-order valence-electron chi connectivity index (χ3n) is 7.54. The van der Waals surface area contributed by atoms with Gasteiger partial charge in [-0.05, 0) is 42.4 Å². The molecule has 0 spiro atoms. The molecular weight excluding hydrogens is 559 g/mol. The Morgan fingerprint density at radius 3 is 2.35 bits per heavy atom. The summed E-state index contributed by atoms with van der Waals surface area (Å²) in [6, 6.07) is 16.4. The molecular formula is C30H30F3N9O. The number of nitrogens with zero attached hydrogens (tertiary/aromatic N) is 7. The molecule has 2 amide bonds. The van der Waals surface area contributed by atoms with Crippen molar-refractivity contribution in [3.8, 4) is 22.5 Å². The normalized spacial score (nSPS) is 14.7. The van der Waals surface area contributed by atoms with E-state index in [1.807, 2.05) is 48.3 Å². The van der Waals surface area contributed by atoms with E-state index in [0.29, 0.717) is 13.1 Å². The van der Waals surface area contributed by atoms with Gasteiger partial charge in [0.25, 0.3) is 0 Å². The minimum Gasteiger partial charge on any atom is -0.308 e. The Morgan fingerprint density at radius 2 is 1.63 bits per heavy atom. The number of carbonyl (C=O) groups is 1. The van der Waals surface area contributed by atoms with Crippen LogP contribution in [0.1, 0.15) is 11.1 Å². The third kappa shape index (κ3) is 6.22. The number of likely N-dealkylation sites (N-methyl/N-ethyl adjacent to an activating group) is 1. The summed E-state index contributed by atoms with van der Waals surface area (Å²) >= 11 is 0. The van der Waals surface area contributed by atoms with E-state index in [-0.39, 0.29) is 23.6 Å². The first kappa shape index (κ1) is 28.4. The molecule has 1 saturated heterocycles. The summed E-state index contributed by atoms with van der Waals surface area (Å²) in [6.07, 6.45) is -1.09. The van der Waals surface area contributed by atoms with Crippen LogP contribution in [-0.2, 0) is 19.8 Å². The summed E-state index contributed by atoms with van der Waals surface area (Å²) in [5.74, 6) is 0.257. The molecule has 0 atom stereocenters. The Labute approximate surface area is 245 Å². The highest BCUT2D eigenvalue weighted by Crippen LogP contribution is 2.35. The predicted octanol–water partition coefficient (Wildman–Crippen LogP) is 5.21. The summed E-state index contributed by atoms with van der Waals surface area (Å²) in [6.45, 7) is 3.21. The molecule has 4 heterocycles. The van der Waals surface area contributed by atoms with E-state index in [9.17, 15) is 18.0 Å². The molecule has 5 aromatic rings. The number of anilines is 2. The molecule has 13 heteroatoms. The number of alkyl halides is 3. The molecule has 6 rings (SSSR count). The minimum atomic E-state index is -4.55. The fraction of sp³-hybridized carbons (Fsp3) is 0.267. The van der Waals surface area contributed by atoms with Gasteiger partial charge in [0.15, 0.2) is 11.5 Å². The van der Waals surface area contributed by atoms with Gasteiger partial charge in [-0.25, -0.2) is 14.3 Å². The zero-order valence-electron chi connectivity index (χ0n) is 23.6. The molecule has 10 nitrogen and oxygen atoms in total. The first-order valence-electron chi connectivity index (χ1n) is 13.8. The number of nitrogens with one attached hydrogen (secondary N) is 2. The summed E-state index contributed by atoms with van der Waals surface area (Å²) in [7, 11) is 3.74. The van der Waals surface area contributed by atoms with Crippen molar-refractivity contribution < 1.29 is 18.0 Å². The zero-order valence-corrected chi connectivity index (χ0v) is 23.6. The number of aryl methyl sites for hydroxylation is 1. The molecule has 43 heavy (non-hydrogen) atoms. The number of carbonyl (C=O) groups excluding carboxylic acids is 1. The third-order valence-corrected chi connectivity index (χ3v) is 7.54. The second kappa shape index (κ2) is 11.5. The summed E-state index contributed by atoms with van der Waals surface area (Å²) in [4.78, 5) is 21.3. The number of amides is 2. The fourth-order valence-electron chi connectivity index (χ4n) is 5.22. The molecule has 0 radical (unpaired) electrons. The number of hydrogen-bond donors (Lipinski definition) is 2. The van der Waals surface area contributed by atoms with E-state index in [4.69, 9.17) is 0 Å². The summed E-state index contributed by atoms with van der Waals surface area (Å²) < 4.78 is 45.2. The quantitative estimate of drug-likeness (QED) is 0.283. The second-order valence-corrected chi connectivity index (χ2v) is 10.6. The average Bonchev–Trinajstić information content (AvgIpc) is 3.57. The van der Waals surface area contributed by atoms with Gasteiger partial charge >= 0.3 is 12.2 Å². The molecule has 0 unspecified atom stereocenters. The number of fused-ring (bicyclic) bond motifs is 1. The van der Waals surface area contributed by atoms with Crippen molar-refractivity contribution in [3.63, 3.8) is 0 Å². The van der Waals surface area contributed by atoms with E-state index in [2.05, 4.69) is 30.7 Å². The van der Waals surface area contributed by atoms with Crippen LogP contribution >= 0.6 is 0 Å². The Hall–Kier alpha value is -4.75. The summed E-state index contributed by atoms with van der Waals surface area (Å²) in [5, 5.41) is 13.8. The molecule has 3 aromatic heterocycles. The maximum absolute atomic E-state index is 13.9. The molecule has 0 bridgehead atoms. The van der Waals surface area contributed by atoms with E-state index < -0.39 is 17.8 Å². The smallest absolute Gasteiger partial charge is 0.308 e. The van der Waals surface area contributed by atoms with Crippen LogP contribution in [-0.4, -0.2) is 73.4 Å². The van der Waals surface area contributed by atoms with E-state index in [0.717, 1.165) is 47.3 Å². The van der Waals surface area contributed by atoms with Gasteiger partial charge in [-0.1, -0.05) is 30.3 Å². The van der Waals surface area contributed by atoms with Gasteiger partial charge in [0.2, 0.25) is 0 Å². The van der Waals surface area contributed by atoms with Gasteiger partial charge in [-0.15, -0.1) is 0 Å². The Balaban J connectivity index is 1.13. The molecule has 2 aromatic carbocycles. The highest BCUT2D eigenvalue weighted by atomic mass is 19.4. The summed E-state index contributed by atoms with van der Waals surface area (Å²) in [5.41, 5.74) is 3.60. The lowest BCUT2D eigenvalue weighted by molar-refractivity contribution is -0.138. The maximum Gasteiger partial charge on any atom is 0.416 e. The van der Waals surface area contributed by atoms with Crippen molar-refractivity contribution >= 4 is 23.2 Å². The zero-order chi connectivity index (χ0) is 30.1. The van der Waals surface area contributed by atoms with Gasteiger partial charge < -0.3 is 10.2 Å². The predicted molar refractivity (Wildman–Crippen MR) is 157 cm³/mol. The number of rotatable bonds is 6. The lowest BCUT2D eigenvalue weighted by Crippen LogP contribution is -2.44. The number of hydrogen-bond acceptors (Lipinski definition) is 6. The van der Waals surface area contributed by atoms with Gasteiger partial charge in [0, 0.05) is 63.3 Å². The highest BCUT2D eigenvalue weighted by Gasteiger charge is 2.34. The highest BCUT2D eigenvalue weighted by molar-refractivity contribution is 5.99. The van der Waals surface area contributed by atoms with Crippen molar-refractivity contribution in [3.05, 3.63) is 84.2 Å². The van der Waals surface area contributed by atoms with Crippen LogP contribution in [0.25, 0.3) is 28.2 Å². The lowest BCUT2D eigenvalue weighted by Gasteiger charge is -2.33. The Bertz CT molecular complexity index is 1750. The van der Waals surface area contributed by atoms with Crippen LogP contribution in [0.4, 0.5) is 29.5 Å². The number of imidazole rings is 1. The van der Waals surface area contributed by atoms with E-state index >= 15 is 0 Å². The van der Waals surface area contributed by atoms with Crippen molar-refractivity contribution in [1.82, 2.24) is 34.2 Å². The van der Waals surface area contributed by atoms with Gasteiger partial charge in [0.1, 0.15) is 0 Å². The van der Waals surface area contributed by atoms with Crippen LogP contribution in [0.5, 0.6) is 0 Å². The number of benzene rings is 2. The monoisotopic (exact) mass is 589 g/mol. The van der Waals surface area contributed by atoms with Crippen molar-refractivity contribution in [1.29, 1.82) is 0 Å². The van der Waals surface area contributed by atoms with Crippen molar-refractivity contribution in [2.24, 2.45) is 7.05 Å². The lowest BCUT2D eigenvalue weighted by atomic mass is 10.0. The van der Waals surface area contributed by atoms with Crippen LogP contribution in [0.3, 0.4) is 0 Å². The first-order valence-corrected chi connectivity index (χ1v) is 13.8. The second-order valence-electron chi connectivity index (χ2n) is 10.6. The number of halogens is 3. The maximum atomic E-state index is 13.9. The van der Waals surface area contributed by atoms with E-state index in [1.54, 1.807) is 34.7 Å². The molecule has 222 valence electrons. The Morgan fingerprint density at radius 1 is 0.907 bits per heavy atom. The van der Waals surface area contributed by atoms with Crippen LogP contribution in [0, 0.1) is 0 Å². The molecule has 1 aliphatic rings. The van der Waals surface area contributed by atoms with Gasteiger partial charge in [-0.2, -0.15) is 23.4 Å². The van der Waals surface area contributed by atoms with Gasteiger partial charge in [0.05, 0.1) is 23.1 Å². The fourth-order valence-corrected chi connectivity index (χ4v) is 5.22. The number of piperazine rings is 1. The van der Waals surface area contributed by atoms with Crippen LogP contribution in [0.2, 0.25) is 0 Å². The minimum absolute atomic E-state index is 0.0422. The topological polar surface area (TPSA) is 95.6 Å². The first-order chi connectivity index (χ1) is 20.6. The van der Waals surface area contributed by atoms with Crippen molar-refractivity contribution in [2.45, 2.75) is 12.7 Å². The molecule has 2 N–H and O–H groups in total. The molecule has 1 fully saturated rings. The molecule has 0 aliphatic carbocycles. The average molecular weight is 590 g/mol. The standard InChI is InChI=1S/C30H30F3N9O/c1-39-12-14-41(15-13-39)19-22-9-10-23(16-24(22)30(31,32)33)36-29(43)37-27-17-25(40(2)38-27)20-5-7-21(8-6-20)26-18-34-28-4-3-11-35-42(26)28/h3-11,16-18H,12-15,19H2,1-2H3,(H2,36,37,38,43). The molecule has 0 saturated carbocycles. The Kier molecular flexibility index (Phi) is 7.59. The van der Waals surface area contributed by atoms with Gasteiger partial charge in [-0.3, -0.25) is 14.9 Å². The SMILES string of the molecule is CN1CCN(Cc2ccc(NC(=O)Nc3cc(-c4ccc(-c5cnc6cccnn56)cc4)n(C)n3)cc2C(F)(F)F)CC1.